The van der Waals surface area contributed by atoms with Gasteiger partial charge in [-0.25, -0.2) is 0 Å². The maximum absolute atomic E-state index is 5.63. The largest absolute Gasteiger partial charge is 0.496 e. The average Bonchev–Trinajstić information content (AvgIpc) is 2.58. The SMILES string of the molecule is COc1ccccc1[C@H](C1CCOCC1)N1CCNCC1.Cl.Cl. The maximum atomic E-state index is 5.63. The number of para-hydroxylation sites is 1. The van der Waals surface area contributed by atoms with Crippen LogP contribution in [0.15, 0.2) is 24.3 Å². The Kier molecular flexibility index (Phi) is 9.25. The summed E-state index contributed by atoms with van der Waals surface area (Å²) in [5, 5.41) is 3.45. The van der Waals surface area contributed by atoms with Gasteiger partial charge in [-0.1, -0.05) is 18.2 Å². The van der Waals surface area contributed by atoms with E-state index in [0.29, 0.717) is 12.0 Å². The quantitative estimate of drug-likeness (QED) is 0.892. The van der Waals surface area contributed by atoms with E-state index in [0.717, 1.165) is 58.0 Å². The lowest BCUT2D eigenvalue weighted by atomic mass is 9.85. The Morgan fingerprint density at radius 2 is 1.78 bits per heavy atom. The fourth-order valence-electron chi connectivity index (χ4n) is 3.65. The summed E-state index contributed by atoms with van der Waals surface area (Å²) in [5.74, 6) is 1.68. The van der Waals surface area contributed by atoms with Gasteiger partial charge in [0.2, 0.25) is 0 Å². The summed E-state index contributed by atoms with van der Waals surface area (Å²) in [4.78, 5) is 2.63. The molecule has 0 amide bonds. The zero-order chi connectivity index (χ0) is 14.5. The fraction of sp³-hybridized carbons (Fsp3) is 0.647. The van der Waals surface area contributed by atoms with Crippen molar-refractivity contribution < 1.29 is 9.47 Å². The van der Waals surface area contributed by atoms with Gasteiger partial charge in [-0.15, -0.1) is 24.8 Å². The van der Waals surface area contributed by atoms with Gasteiger partial charge in [0.25, 0.3) is 0 Å². The van der Waals surface area contributed by atoms with E-state index < -0.39 is 0 Å². The number of hydrogen-bond acceptors (Lipinski definition) is 4. The van der Waals surface area contributed by atoms with Crippen LogP contribution >= 0.6 is 24.8 Å². The minimum Gasteiger partial charge on any atom is -0.496 e. The third-order valence-electron chi connectivity index (χ3n) is 4.72. The van der Waals surface area contributed by atoms with Gasteiger partial charge in [-0.2, -0.15) is 0 Å². The molecule has 132 valence electrons. The van der Waals surface area contributed by atoms with Gasteiger partial charge in [0.15, 0.2) is 0 Å². The van der Waals surface area contributed by atoms with Crippen LogP contribution < -0.4 is 10.1 Å². The minimum atomic E-state index is 0. The van der Waals surface area contributed by atoms with Crippen molar-refractivity contribution in [3.05, 3.63) is 29.8 Å². The highest BCUT2D eigenvalue weighted by Gasteiger charge is 2.32. The van der Waals surface area contributed by atoms with Crippen LogP contribution in [0.25, 0.3) is 0 Å². The topological polar surface area (TPSA) is 33.7 Å². The molecule has 0 spiro atoms. The molecular formula is C17H28Cl2N2O2. The molecule has 0 unspecified atom stereocenters. The molecule has 1 atom stereocenters. The number of methoxy groups -OCH3 is 1. The molecule has 3 rings (SSSR count). The number of halogens is 2. The van der Waals surface area contributed by atoms with Crippen LogP contribution in [0.5, 0.6) is 5.75 Å². The second-order valence-corrected chi connectivity index (χ2v) is 5.92. The van der Waals surface area contributed by atoms with Crippen LogP contribution in [-0.2, 0) is 4.74 Å². The molecule has 1 aromatic carbocycles. The first kappa shape index (κ1) is 20.5. The standard InChI is InChI=1S/C17H26N2O2.2ClH/c1-20-16-5-3-2-4-15(16)17(14-6-12-21-13-7-14)19-10-8-18-9-11-19;;/h2-5,14,17-18H,6-13H2,1H3;2*1H/t17-;;/m0../s1. The molecule has 0 aliphatic carbocycles. The van der Waals surface area contributed by atoms with Gasteiger partial charge in [0.1, 0.15) is 5.75 Å². The maximum Gasteiger partial charge on any atom is 0.123 e. The van der Waals surface area contributed by atoms with Crippen molar-refractivity contribution in [1.29, 1.82) is 0 Å². The molecule has 2 fully saturated rings. The minimum absolute atomic E-state index is 0. The number of rotatable bonds is 4. The molecule has 1 aromatic rings. The second kappa shape index (κ2) is 10.4. The second-order valence-electron chi connectivity index (χ2n) is 5.92. The molecule has 2 aliphatic rings. The molecule has 1 N–H and O–H groups in total. The van der Waals surface area contributed by atoms with Crippen LogP contribution in [0, 0.1) is 5.92 Å². The van der Waals surface area contributed by atoms with Gasteiger partial charge in [0, 0.05) is 51.0 Å². The Bertz CT molecular complexity index is 432. The lowest BCUT2D eigenvalue weighted by molar-refractivity contribution is 0.0206. The number of ether oxygens (including phenoxy) is 2. The number of piperazine rings is 1. The van der Waals surface area contributed by atoms with E-state index in [1.807, 2.05) is 0 Å². The molecule has 0 saturated carbocycles. The zero-order valence-electron chi connectivity index (χ0n) is 13.7. The summed E-state index contributed by atoms with van der Waals surface area (Å²) in [6.45, 7) is 6.16. The number of nitrogens with one attached hydrogen (secondary N) is 1. The van der Waals surface area contributed by atoms with Gasteiger partial charge in [-0.05, 0) is 24.8 Å². The molecule has 2 aliphatic heterocycles. The summed E-state index contributed by atoms with van der Waals surface area (Å²) in [6, 6.07) is 8.96. The molecule has 23 heavy (non-hydrogen) atoms. The van der Waals surface area contributed by atoms with Crippen molar-refractivity contribution >= 4 is 24.8 Å². The normalized spacial score (nSPS) is 20.9. The van der Waals surface area contributed by atoms with Crippen LogP contribution in [0.1, 0.15) is 24.4 Å². The van der Waals surface area contributed by atoms with Crippen LogP contribution in [0.4, 0.5) is 0 Å². The van der Waals surface area contributed by atoms with E-state index in [2.05, 4.69) is 34.5 Å². The van der Waals surface area contributed by atoms with Crippen LogP contribution in [0.3, 0.4) is 0 Å². The third kappa shape index (κ3) is 4.97. The summed E-state index contributed by atoms with van der Waals surface area (Å²) in [6.07, 6.45) is 2.29. The van der Waals surface area contributed by atoms with E-state index in [1.165, 1.54) is 5.56 Å². The molecule has 2 heterocycles. The molecule has 6 heteroatoms. The highest BCUT2D eigenvalue weighted by molar-refractivity contribution is 5.85. The Morgan fingerprint density at radius 3 is 2.43 bits per heavy atom. The van der Waals surface area contributed by atoms with Gasteiger partial charge in [0.05, 0.1) is 7.11 Å². The first-order valence-corrected chi connectivity index (χ1v) is 8.05. The summed E-state index contributed by atoms with van der Waals surface area (Å²) >= 11 is 0. The van der Waals surface area contributed by atoms with E-state index in [1.54, 1.807) is 7.11 Å². The van der Waals surface area contributed by atoms with Crippen molar-refractivity contribution in [2.75, 3.05) is 46.5 Å². The van der Waals surface area contributed by atoms with Crippen molar-refractivity contribution in [1.82, 2.24) is 10.2 Å². The van der Waals surface area contributed by atoms with Gasteiger partial charge in [-0.3, -0.25) is 4.90 Å². The van der Waals surface area contributed by atoms with Crippen LogP contribution in [-0.4, -0.2) is 51.4 Å². The first-order chi connectivity index (χ1) is 10.4. The van der Waals surface area contributed by atoms with Crippen molar-refractivity contribution in [3.63, 3.8) is 0 Å². The summed E-state index contributed by atoms with van der Waals surface area (Å²) in [5.41, 5.74) is 1.34. The van der Waals surface area contributed by atoms with E-state index in [9.17, 15) is 0 Å². The predicted molar refractivity (Wildman–Crippen MR) is 98.2 cm³/mol. The summed E-state index contributed by atoms with van der Waals surface area (Å²) in [7, 11) is 1.78. The third-order valence-corrected chi connectivity index (χ3v) is 4.72. The number of nitrogens with zero attached hydrogens (tertiary/aromatic N) is 1. The molecule has 4 nitrogen and oxygen atoms in total. The fourth-order valence-corrected chi connectivity index (χ4v) is 3.65. The number of benzene rings is 1. The molecule has 2 saturated heterocycles. The Labute approximate surface area is 151 Å². The van der Waals surface area contributed by atoms with E-state index >= 15 is 0 Å². The van der Waals surface area contributed by atoms with E-state index in [4.69, 9.17) is 9.47 Å². The highest BCUT2D eigenvalue weighted by Crippen LogP contribution is 2.39. The number of hydrogen-bond donors (Lipinski definition) is 1. The Balaban J connectivity index is 0.00000132. The predicted octanol–water partition coefficient (Wildman–Crippen LogP) is 2.91. The van der Waals surface area contributed by atoms with E-state index in [-0.39, 0.29) is 24.8 Å². The highest BCUT2D eigenvalue weighted by atomic mass is 35.5. The van der Waals surface area contributed by atoms with Gasteiger partial charge >= 0.3 is 0 Å². The van der Waals surface area contributed by atoms with Crippen molar-refractivity contribution in [2.45, 2.75) is 18.9 Å². The molecular weight excluding hydrogens is 335 g/mol. The lowest BCUT2D eigenvalue weighted by Crippen LogP contribution is -2.47. The zero-order valence-corrected chi connectivity index (χ0v) is 15.3. The Morgan fingerprint density at radius 1 is 1.13 bits per heavy atom. The Hall–Kier alpha value is -0.520. The van der Waals surface area contributed by atoms with Crippen LogP contribution in [0.2, 0.25) is 0 Å². The molecule has 0 radical (unpaired) electrons. The lowest BCUT2D eigenvalue weighted by Gasteiger charge is -2.41. The molecule has 0 bridgehead atoms. The average molecular weight is 363 g/mol. The van der Waals surface area contributed by atoms with Crippen molar-refractivity contribution in [2.24, 2.45) is 5.92 Å². The first-order valence-electron chi connectivity index (χ1n) is 8.05. The smallest absolute Gasteiger partial charge is 0.123 e. The van der Waals surface area contributed by atoms with Crippen molar-refractivity contribution in [3.8, 4) is 5.75 Å². The molecule has 0 aromatic heterocycles. The monoisotopic (exact) mass is 362 g/mol. The summed E-state index contributed by atoms with van der Waals surface area (Å²) < 4.78 is 11.2. The van der Waals surface area contributed by atoms with Gasteiger partial charge < -0.3 is 14.8 Å².